The zero-order chi connectivity index (χ0) is 15.9. The number of ether oxygens (including phenoxy) is 1. The Morgan fingerprint density at radius 3 is 2.95 bits per heavy atom. The molecule has 2 aromatic rings. The van der Waals surface area contributed by atoms with E-state index >= 15 is 0 Å². The lowest BCUT2D eigenvalue weighted by molar-refractivity contribution is 0.0643. The number of amides is 1. The van der Waals surface area contributed by atoms with E-state index in [0.717, 1.165) is 5.52 Å². The number of hydrogen-bond donors (Lipinski definition) is 2. The van der Waals surface area contributed by atoms with E-state index in [1.54, 1.807) is 30.2 Å². The molecule has 0 aliphatic carbocycles. The predicted molar refractivity (Wildman–Crippen MR) is 85.6 cm³/mol. The van der Waals surface area contributed by atoms with Crippen LogP contribution in [0, 0.1) is 0 Å². The average molecular weight is 343 g/mol. The molecule has 1 amide bonds. The van der Waals surface area contributed by atoms with E-state index in [1.807, 2.05) is 0 Å². The molecule has 0 radical (unpaired) electrons. The molecule has 22 heavy (non-hydrogen) atoms. The number of methoxy groups -OCH3 is 1. The molecule has 1 fully saturated rings. The first-order valence-corrected chi connectivity index (χ1v) is 7.72. The van der Waals surface area contributed by atoms with Crippen molar-refractivity contribution in [2.45, 2.75) is 18.6 Å². The highest BCUT2D eigenvalue weighted by Gasteiger charge is 2.36. The van der Waals surface area contributed by atoms with Crippen LogP contribution in [0.5, 0.6) is 0 Å². The molecule has 1 aromatic carbocycles. The van der Waals surface area contributed by atoms with Gasteiger partial charge in [-0.25, -0.2) is 0 Å². The number of carbonyl (C=O) groups excluding carboxylic acids is 1. The number of halogens is 2. The monoisotopic (exact) mass is 342 g/mol. The Morgan fingerprint density at radius 2 is 2.27 bits per heavy atom. The number of aliphatic hydroxyl groups excluding tert-OH is 1. The summed E-state index contributed by atoms with van der Waals surface area (Å²) in [6.07, 6.45) is 0.543. The fraction of sp³-hybridized carbons (Fsp3) is 0.400. The Balaban J connectivity index is 1.96. The van der Waals surface area contributed by atoms with Crippen LogP contribution < -0.4 is 0 Å². The molecule has 118 valence electrons. The van der Waals surface area contributed by atoms with E-state index in [4.69, 9.17) is 27.9 Å². The summed E-state index contributed by atoms with van der Waals surface area (Å²) in [7, 11) is 1.60. The quantitative estimate of drug-likeness (QED) is 0.901. The minimum absolute atomic E-state index is 0.0706. The number of H-pyrrole nitrogens is 1. The van der Waals surface area contributed by atoms with E-state index in [2.05, 4.69) is 4.98 Å². The number of nitrogens with one attached hydrogen (secondary N) is 1. The van der Waals surface area contributed by atoms with Crippen LogP contribution >= 0.6 is 23.2 Å². The number of rotatable bonds is 3. The molecule has 0 unspecified atom stereocenters. The van der Waals surface area contributed by atoms with Crippen molar-refractivity contribution in [3.63, 3.8) is 0 Å². The van der Waals surface area contributed by atoms with Gasteiger partial charge >= 0.3 is 0 Å². The number of hydrogen-bond acceptors (Lipinski definition) is 3. The summed E-state index contributed by atoms with van der Waals surface area (Å²) in [6.45, 7) is 0.336. The molecule has 1 aliphatic heterocycles. The van der Waals surface area contributed by atoms with Crippen molar-refractivity contribution >= 4 is 40.0 Å². The fourth-order valence-electron chi connectivity index (χ4n) is 2.89. The summed E-state index contributed by atoms with van der Waals surface area (Å²) < 4.78 is 5.30. The van der Waals surface area contributed by atoms with E-state index < -0.39 is 0 Å². The van der Waals surface area contributed by atoms with Crippen LogP contribution in [0.25, 0.3) is 10.9 Å². The van der Waals surface area contributed by atoms with Crippen molar-refractivity contribution in [1.82, 2.24) is 9.88 Å². The molecule has 0 bridgehead atoms. The molecule has 5 nitrogen and oxygen atoms in total. The van der Waals surface area contributed by atoms with Crippen LogP contribution in [0.1, 0.15) is 16.9 Å². The van der Waals surface area contributed by atoms with Gasteiger partial charge in [-0.15, -0.1) is 0 Å². The molecular weight excluding hydrogens is 327 g/mol. The highest BCUT2D eigenvalue weighted by atomic mass is 35.5. The molecule has 0 spiro atoms. The molecule has 1 aromatic heterocycles. The van der Waals surface area contributed by atoms with Gasteiger partial charge < -0.3 is 19.7 Å². The van der Waals surface area contributed by atoms with Crippen LogP contribution in [0.3, 0.4) is 0 Å². The smallest absolute Gasteiger partial charge is 0.272 e. The number of aromatic amines is 1. The Labute approximate surface area is 137 Å². The second kappa shape index (κ2) is 6.08. The van der Waals surface area contributed by atoms with Crippen molar-refractivity contribution in [3.05, 3.63) is 33.9 Å². The molecular formula is C15H16Cl2N2O3. The lowest BCUT2D eigenvalue weighted by Crippen LogP contribution is -2.38. The molecule has 3 rings (SSSR count). The zero-order valence-electron chi connectivity index (χ0n) is 12.0. The van der Waals surface area contributed by atoms with Crippen molar-refractivity contribution in [2.24, 2.45) is 0 Å². The van der Waals surface area contributed by atoms with Gasteiger partial charge in [0, 0.05) is 29.6 Å². The van der Waals surface area contributed by atoms with E-state index in [9.17, 15) is 9.90 Å². The molecule has 7 heteroatoms. The van der Waals surface area contributed by atoms with Crippen molar-refractivity contribution in [2.75, 3.05) is 20.3 Å². The number of likely N-dealkylation sites (tertiary alicyclic amines) is 1. The van der Waals surface area contributed by atoms with Gasteiger partial charge in [0.2, 0.25) is 0 Å². The van der Waals surface area contributed by atoms with Crippen LogP contribution in [0.15, 0.2) is 18.2 Å². The van der Waals surface area contributed by atoms with Crippen LogP contribution in [-0.4, -0.2) is 53.3 Å². The molecule has 2 atom stereocenters. The van der Waals surface area contributed by atoms with Gasteiger partial charge in [0.05, 0.1) is 23.8 Å². The molecule has 0 saturated carbocycles. The summed E-state index contributed by atoms with van der Waals surface area (Å²) in [5.41, 5.74) is 1.06. The first kappa shape index (κ1) is 15.6. The van der Waals surface area contributed by atoms with Gasteiger partial charge in [-0.05, 0) is 24.6 Å². The van der Waals surface area contributed by atoms with Gasteiger partial charge in [-0.3, -0.25) is 4.79 Å². The minimum Gasteiger partial charge on any atom is -0.394 e. The summed E-state index contributed by atoms with van der Waals surface area (Å²) in [6, 6.07) is 4.98. The molecule has 2 heterocycles. The number of aromatic nitrogens is 1. The third-order valence-corrected chi connectivity index (χ3v) is 4.72. The largest absolute Gasteiger partial charge is 0.394 e. The summed E-state index contributed by atoms with van der Waals surface area (Å²) >= 11 is 12.3. The average Bonchev–Trinajstić information content (AvgIpc) is 3.08. The first-order chi connectivity index (χ1) is 10.5. The second-order valence-electron chi connectivity index (χ2n) is 5.39. The highest BCUT2D eigenvalue weighted by molar-refractivity contribution is 6.39. The summed E-state index contributed by atoms with van der Waals surface area (Å²) in [4.78, 5) is 17.4. The Hall–Kier alpha value is -1.27. The third kappa shape index (κ3) is 2.58. The van der Waals surface area contributed by atoms with Gasteiger partial charge in [-0.2, -0.15) is 0 Å². The van der Waals surface area contributed by atoms with Gasteiger partial charge in [0.25, 0.3) is 5.91 Å². The van der Waals surface area contributed by atoms with Gasteiger partial charge in [-0.1, -0.05) is 23.2 Å². The van der Waals surface area contributed by atoms with Crippen molar-refractivity contribution in [1.29, 1.82) is 0 Å². The van der Waals surface area contributed by atoms with E-state index in [0.29, 0.717) is 34.1 Å². The van der Waals surface area contributed by atoms with Gasteiger partial charge in [0.1, 0.15) is 5.69 Å². The first-order valence-electron chi connectivity index (χ1n) is 6.96. The predicted octanol–water partition coefficient (Wildman–Crippen LogP) is 2.70. The topological polar surface area (TPSA) is 65.6 Å². The SMILES string of the molecule is CO[C@@H]1C[C@@H](CO)N(C(=O)c2[nH]c3ccc(Cl)cc3c2Cl)C1. The Morgan fingerprint density at radius 1 is 1.50 bits per heavy atom. The zero-order valence-corrected chi connectivity index (χ0v) is 13.5. The number of fused-ring (bicyclic) bond motifs is 1. The van der Waals surface area contributed by atoms with Crippen molar-refractivity contribution in [3.8, 4) is 0 Å². The lowest BCUT2D eigenvalue weighted by Gasteiger charge is -2.22. The fourth-order valence-corrected chi connectivity index (χ4v) is 3.35. The Bertz CT molecular complexity index is 716. The lowest BCUT2D eigenvalue weighted by atomic mass is 10.2. The van der Waals surface area contributed by atoms with Crippen molar-refractivity contribution < 1.29 is 14.6 Å². The minimum atomic E-state index is -0.261. The maximum absolute atomic E-state index is 12.8. The van der Waals surface area contributed by atoms with Crippen LogP contribution in [0.2, 0.25) is 10.0 Å². The maximum Gasteiger partial charge on any atom is 0.272 e. The molecule has 2 N–H and O–H groups in total. The van der Waals surface area contributed by atoms with E-state index in [1.165, 1.54) is 0 Å². The summed E-state index contributed by atoms with van der Waals surface area (Å²) in [5.74, 6) is -0.240. The Kier molecular flexibility index (Phi) is 4.32. The number of nitrogens with zero attached hydrogens (tertiary/aromatic N) is 1. The standard InChI is InChI=1S/C15H16Cl2N2O3/c1-22-10-5-9(7-20)19(6-10)15(21)14-13(17)11-4-8(16)2-3-12(11)18-14/h2-4,9-10,18,20H,5-7H2,1H3/t9-,10+/m0/s1. The summed E-state index contributed by atoms with van der Waals surface area (Å²) in [5, 5.41) is 11.1. The van der Waals surface area contributed by atoms with Gasteiger partial charge in [0.15, 0.2) is 0 Å². The van der Waals surface area contributed by atoms with Crippen LogP contribution in [0.4, 0.5) is 0 Å². The number of aliphatic hydroxyl groups is 1. The maximum atomic E-state index is 12.8. The number of carbonyl (C=O) groups is 1. The number of benzene rings is 1. The molecule has 1 aliphatic rings. The normalized spacial score (nSPS) is 21.7. The highest BCUT2D eigenvalue weighted by Crippen LogP contribution is 2.32. The van der Waals surface area contributed by atoms with E-state index in [-0.39, 0.29) is 24.7 Å². The van der Waals surface area contributed by atoms with Crippen LogP contribution in [-0.2, 0) is 4.74 Å². The molecule has 1 saturated heterocycles. The second-order valence-corrected chi connectivity index (χ2v) is 6.21. The third-order valence-electron chi connectivity index (χ3n) is 4.09.